The molecule has 1 N–H and O–H groups in total. The Labute approximate surface area is 134 Å². The molecule has 2 rings (SSSR count). The van der Waals surface area contributed by atoms with Crippen molar-refractivity contribution in [2.24, 2.45) is 5.16 Å². The molecule has 0 saturated carbocycles. The highest BCUT2D eigenvalue weighted by atomic mass is 16.5. The third-order valence-electron chi connectivity index (χ3n) is 3.06. The Morgan fingerprint density at radius 1 is 0.870 bits per heavy atom. The van der Waals surface area contributed by atoms with E-state index in [0.29, 0.717) is 41.8 Å². The molecular formula is C17H19NO5. The highest BCUT2D eigenvalue weighted by Crippen LogP contribution is 2.28. The summed E-state index contributed by atoms with van der Waals surface area (Å²) in [5.41, 5.74) is 0.710. The second kappa shape index (κ2) is 8.53. The predicted molar refractivity (Wildman–Crippen MR) is 86.4 cm³/mol. The highest BCUT2D eigenvalue weighted by Gasteiger charge is 2.06. The fourth-order valence-electron chi connectivity index (χ4n) is 1.99. The van der Waals surface area contributed by atoms with Crippen LogP contribution in [-0.2, 0) is 0 Å². The summed E-state index contributed by atoms with van der Waals surface area (Å²) < 4.78 is 21.8. The maximum atomic E-state index is 8.55. The second-order valence-electron chi connectivity index (χ2n) is 4.50. The predicted octanol–water partition coefficient (Wildman–Crippen LogP) is 2.97. The lowest BCUT2D eigenvalue weighted by Crippen LogP contribution is -2.10. The average molecular weight is 317 g/mol. The summed E-state index contributed by atoms with van der Waals surface area (Å²) in [6.07, 6.45) is 1.32. The van der Waals surface area contributed by atoms with E-state index < -0.39 is 0 Å². The van der Waals surface area contributed by atoms with Gasteiger partial charge in [-0.1, -0.05) is 17.3 Å². The highest BCUT2D eigenvalue weighted by molar-refractivity contribution is 5.80. The van der Waals surface area contributed by atoms with Crippen molar-refractivity contribution < 1.29 is 24.2 Å². The summed E-state index contributed by atoms with van der Waals surface area (Å²) in [5, 5.41) is 11.5. The fraction of sp³-hybridized carbons (Fsp3) is 0.235. The standard InChI is InChI=1S/C17H19NO5/c1-20-14-5-3-4-6-15(14)22-9-10-23-16-8-7-13(12-18-19)11-17(16)21-2/h3-8,11-12,19H,9-10H2,1-2H3. The van der Waals surface area contributed by atoms with Crippen LogP contribution in [0.15, 0.2) is 47.6 Å². The second-order valence-corrected chi connectivity index (χ2v) is 4.50. The zero-order chi connectivity index (χ0) is 16.5. The molecule has 0 heterocycles. The van der Waals surface area contributed by atoms with Gasteiger partial charge in [-0.25, -0.2) is 0 Å². The first kappa shape index (κ1) is 16.5. The number of hydrogen-bond acceptors (Lipinski definition) is 6. The Bertz CT molecular complexity index is 657. The van der Waals surface area contributed by atoms with E-state index in [0.717, 1.165) is 0 Å². The van der Waals surface area contributed by atoms with E-state index in [1.54, 1.807) is 32.4 Å². The molecule has 0 aliphatic heterocycles. The van der Waals surface area contributed by atoms with Gasteiger partial charge < -0.3 is 24.2 Å². The molecule has 23 heavy (non-hydrogen) atoms. The van der Waals surface area contributed by atoms with Crippen LogP contribution in [-0.4, -0.2) is 38.9 Å². The Morgan fingerprint density at radius 2 is 1.48 bits per heavy atom. The van der Waals surface area contributed by atoms with Crippen molar-refractivity contribution in [3.63, 3.8) is 0 Å². The molecule has 0 aromatic heterocycles. The summed E-state index contributed by atoms with van der Waals surface area (Å²) in [7, 11) is 3.15. The molecule has 2 aromatic rings. The number of nitrogens with zero attached hydrogens (tertiary/aromatic N) is 1. The summed E-state index contributed by atoms with van der Waals surface area (Å²) >= 11 is 0. The first-order valence-electron chi connectivity index (χ1n) is 7.02. The first-order chi connectivity index (χ1) is 11.3. The van der Waals surface area contributed by atoms with Crippen LogP contribution < -0.4 is 18.9 Å². The maximum Gasteiger partial charge on any atom is 0.161 e. The topological polar surface area (TPSA) is 69.5 Å². The lowest BCUT2D eigenvalue weighted by Gasteiger charge is -2.13. The zero-order valence-corrected chi connectivity index (χ0v) is 13.1. The van der Waals surface area contributed by atoms with Gasteiger partial charge in [0.15, 0.2) is 23.0 Å². The van der Waals surface area contributed by atoms with Crippen LogP contribution in [0.2, 0.25) is 0 Å². The molecule has 0 amide bonds. The average Bonchev–Trinajstić information content (AvgIpc) is 2.60. The lowest BCUT2D eigenvalue weighted by atomic mass is 10.2. The van der Waals surface area contributed by atoms with Crippen LogP contribution in [0.5, 0.6) is 23.0 Å². The van der Waals surface area contributed by atoms with Crippen molar-refractivity contribution in [2.75, 3.05) is 27.4 Å². The number of methoxy groups -OCH3 is 2. The summed E-state index contributed by atoms with van der Waals surface area (Å²) in [4.78, 5) is 0. The number of hydrogen-bond donors (Lipinski definition) is 1. The van der Waals surface area contributed by atoms with Crippen LogP contribution in [0.1, 0.15) is 5.56 Å². The monoisotopic (exact) mass is 317 g/mol. The fourth-order valence-corrected chi connectivity index (χ4v) is 1.99. The Hall–Kier alpha value is -2.89. The molecule has 0 atom stereocenters. The summed E-state index contributed by atoms with van der Waals surface area (Å²) in [6, 6.07) is 12.7. The van der Waals surface area contributed by atoms with Crippen molar-refractivity contribution in [3.05, 3.63) is 48.0 Å². The van der Waals surface area contributed by atoms with E-state index in [4.69, 9.17) is 24.2 Å². The quantitative estimate of drug-likeness (QED) is 0.351. The van der Waals surface area contributed by atoms with Crippen molar-refractivity contribution in [1.82, 2.24) is 0 Å². The smallest absolute Gasteiger partial charge is 0.161 e. The minimum absolute atomic E-state index is 0.349. The van der Waals surface area contributed by atoms with Gasteiger partial charge in [-0.3, -0.25) is 0 Å². The third-order valence-corrected chi connectivity index (χ3v) is 3.06. The van der Waals surface area contributed by atoms with E-state index in [9.17, 15) is 0 Å². The lowest BCUT2D eigenvalue weighted by molar-refractivity contribution is 0.206. The number of rotatable bonds is 8. The molecule has 0 fully saturated rings. The minimum Gasteiger partial charge on any atom is -0.493 e. The van der Waals surface area contributed by atoms with Crippen molar-refractivity contribution in [1.29, 1.82) is 0 Å². The van der Waals surface area contributed by atoms with Crippen molar-refractivity contribution in [3.8, 4) is 23.0 Å². The SMILES string of the molecule is COc1ccccc1OCCOc1ccc(C=NO)cc1OC. The molecular weight excluding hydrogens is 298 g/mol. The molecule has 6 heteroatoms. The van der Waals surface area contributed by atoms with Crippen LogP contribution in [0.3, 0.4) is 0 Å². The molecule has 0 aliphatic carbocycles. The van der Waals surface area contributed by atoms with Gasteiger partial charge in [0.25, 0.3) is 0 Å². The van der Waals surface area contributed by atoms with Crippen LogP contribution in [0.4, 0.5) is 0 Å². The van der Waals surface area contributed by atoms with E-state index in [1.165, 1.54) is 6.21 Å². The number of oxime groups is 1. The van der Waals surface area contributed by atoms with Gasteiger partial charge in [0.1, 0.15) is 13.2 Å². The number of ether oxygens (including phenoxy) is 4. The molecule has 122 valence electrons. The van der Waals surface area contributed by atoms with Crippen LogP contribution in [0, 0.1) is 0 Å². The van der Waals surface area contributed by atoms with Crippen molar-refractivity contribution >= 4 is 6.21 Å². The van der Waals surface area contributed by atoms with Gasteiger partial charge in [-0.05, 0) is 30.3 Å². The summed E-state index contributed by atoms with van der Waals surface area (Å²) in [5.74, 6) is 2.49. The van der Waals surface area contributed by atoms with Crippen LogP contribution in [0.25, 0.3) is 0 Å². The number of para-hydroxylation sites is 2. The summed E-state index contributed by atoms with van der Waals surface area (Å²) in [6.45, 7) is 0.714. The third kappa shape index (κ3) is 4.54. The van der Waals surface area contributed by atoms with Gasteiger partial charge >= 0.3 is 0 Å². The van der Waals surface area contributed by atoms with E-state index in [1.807, 2.05) is 24.3 Å². The molecule has 0 radical (unpaired) electrons. The molecule has 0 bridgehead atoms. The van der Waals surface area contributed by atoms with Gasteiger partial charge in [0.05, 0.1) is 20.4 Å². The largest absolute Gasteiger partial charge is 0.493 e. The zero-order valence-electron chi connectivity index (χ0n) is 13.1. The first-order valence-corrected chi connectivity index (χ1v) is 7.02. The molecule has 2 aromatic carbocycles. The van der Waals surface area contributed by atoms with E-state index in [2.05, 4.69) is 5.16 Å². The normalized spacial score (nSPS) is 10.5. The Morgan fingerprint density at radius 3 is 2.09 bits per heavy atom. The number of benzene rings is 2. The van der Waals surface area contributed by atoms with Gasteiger partial charge in [0, 0.05) is 5.56 Å². The molecule has 6 nitrogen and oxygen atoms in total. The molecule has 0 saturated heterocycles. The Kier molecular flexibility index (Phi) is 6.11. The van der Waals surface area contributed by atoms with Gasteiger partial charge in [0.2, 0.25) is 0 Å². The van der Waals surface area contributed by atoms with Gasteiger partial charge in [-0.2, -0.15) is 0 Å². The maximum absolute atomic E-state index is 8.55. The van der Waals surface area contributed by atoms with E-state index >= 15 is 0 Å². The van der Waals surface area contributed by atoms with Crippen LogP contribution >= 0.6 is 0 Å². The molecule has 0 aliphatic rings. The minimum atomic E-state index is 0.349. The van der Waals surface area contributed by atoms with E-state index in [-0.39, 0.29) is 0 Å². The molecule has 0 spiro atoms. The van der Waals surface area contributed by atoms with Crippen molar-refractivity contribution in [2.45, 2.75) is 0 Å². The Balaban J connectivity index is 1.91. The van der Waals surface area contributed by atoms with Gasteiger partial charge in [-0.15, -0.1) is 0 Å². The molecule has 0 unspecified atom stereocenters.